The smallest absolute Gasteiger partial charge is 0.202 e. The molecule has 1 N–H and O–H groups in total. The van der Waals surface area contributed by atoms with Crippen molar-refractivity contribution in [2.75, 3.05) is 19.6 Å². The van der Waals surface area contributed by atoms with Gasteiger partial charge in [-0.2, -0.15) is 12.7 Å². The van der Waals surface area contributed by atoms with Crippen molar-refractivity contribution in [3.63, 3.8) is 0 Å². The Bertz CT molecular complexity index is 550. The van der Waals surface area contributed by atoms with Gasteiger partial charge in [0.25, 0.3) is 10.2 Å². The van der Waals surface area contributed by atoms with E-state index in [2.05, 4.69) is 22.9 Å². The summed E-state index contributed by atoms with van der Waals surface area (Å²) in [6.07, 6.45) is 4.38. The zero-order chi connectivity index (χ0) is 12.6. The molecule has 18 heavy (non-hydrogen) atoms. The summed E-state index contributed by atoms with van der Waals surface area (Å²) in [4.78, 5) is 0. The summed E-state index contributed by atoms with van der Waals surface area (Å²) in [7, 11) is -3.19. The van der Waals surface area contributed by atoms with Gasteiger partial charge in [-0.3, -0.25) is 0 Å². The zero-order valence-electron chi connectivity index (χ0n) is 10.4. The highest BCUT2D eigenvalue weighted by molar-refractivity contribution is 7.87. The Hall–Kier alpha value is -0.910. The van der Waals surface area contributed by atoms with E-state index in [1.165, 1.54) is 40.3 Å². The maximum absolute atomic E-state index is 11.6. The number of hydrogen-bond acceptors (Lipinski definition) is 2. The highest BCUT2D eigenvalue weighted by atomic mass is 32.2. The molecule has 98 valence electrons. The Kier molecular flexibility index (Phi) is 3.13. The molecule has 0 atom stereocenters. The zero-order valence-corrected chi connectivity index (χ0v) is 11.2. The van der Waals surface area contributed by atoms with E-state index in [0.29, 0.717) is 19.6 Å². The first-order valence-electron chi connectivity index (χ1n) is 6.50. The van der Waals surface area contributed by atoms with Gasteiger partial charge in [0.05, 0.1) is 0 Å². The fourth-order valence-corrected chi connectivity index (χ4v) is 3.58. The van der Waals surface area contributed by atoms with Gasteiger partial charge in [-0.05, 0) is 42.4 Å². The molecule has 0 unspecified atom stereocenters. The Balaban J connectivity index is 1.57. The topological polar surface area (TPSA) is 49.2 Å². The molecule has 0 aromatic heterocycles. The minimum atomic E-state index is -3.19. The van der Waals surface area contributed by atoms with Crippen LogP contribution >= 0.6 is 0 Å². The lowest BCUT2D eigenvalue weighted by Gasteiger charge is -2.07. The van der Waals surface area contributed by atoms with Crippen molar-refractivity contribution >= 4 is 10.2 Å². The largest absolute Gasteiger partial charge is 0.279 e. The Morgan fingerprint density at radius 2 is 1.94 bits per heavy atom. The van der Waals surface area contributed by atoms with E-state index < -0.39 is 10.2 Å². The molecule has 0 spiro atoms. The quantitative estimate of drug-likeness (QED) is 0.804. The normalized spacial score (nSPS) is 18.9. The van der Waals surface area contributed by atoms with E-state index in [-0.39, 0.29) is 0 Å². The fourth-order valence-electron chi connectivity index (χ4n) is 2.48. The molecule has 1 aromatic rings. The summed E-state index contributed by atoms with van der Waals surface area (Å²) in [6, 6.07) is 6.54. The number of fused-ring (bicyclic) bond motifs is 1. The average molecular weight is 266 g/mol. The van der Waals surface area contributed by atoms with Crippen LogP contribution in [0, 0.1) is 0 Å². The molecule has 4 nitrogen and oxygen atoms in total. The van der Waals surface area contributed by atoms with E-state index in [9.17, 15) is 8.42 Å². The lowest BCUT2D eigenvalue weighted by atomic mass is 10.0. The van der Waals surface area contributed by atoms with Gasteiger partial charge in [-0.1, -0.05) is 18.2 Å². The third kappa shape index (κ3) is 2.58. The van der Waals surface area contributed by atoms with Crippen molar-refractivity contribution in [1.29, 1.82) is 0 Å². The number of benzene rings is 1. The van der Waals surface area contributed by atoms with Crippen LogP contribution < -0.4 is 4.72 Å². The molecule has 0 amide bonds. The van der Waals surface area contributed by atoms with Crippen LogP contribution in [0.15, 0.2) is 18.2 Å². The second-order valence-electron chi connectivity index (χ2n) is 5.01. The standard InChI is InChI=1S/C13H18N2O2S/c16-18(17,15-8-9-15)14-7-6-11-4-5-12-2-1-3-13(12)10-11/h4-5,10,14H,1-3,6-9H2. The van der Waals surface area contributed by atoms with Gasteiger partial charge in [0, 0.05) is 19.6 Å². The molecule has 0 saturated carbocycles. The van der Waals surface area contributed by atoms with Gasteiger partial charge in [-0.15, -0.1) is 0 Å². The van der Waals surface area contributed by atoms with Crippen molar-refractivity contribution < 1.29 is 8.42 Å². The molecule has 0 bridgehead atoms. The second kappa shape index (κ2) is 4.64. The molecule has 1 aliphatic heterocycles. The van der Waals surface area contributed by atoms with Crippen LogP contribution in [0.4, 0.5) is 0 Å². The average Bonchev–Trinajstić information content (AvgIpc) is 3.09. The van der Waals surface area contributed by atoms with E-state index in [0.717, 1.165) is 6.42 Å². The number of rotatable bonds is 5. The van der Waals surface area contributed by atoms with E-state index in [4.69, 9.17) is 0 Å². The highest BCUT2D eigenvalue weighted by Crippen LogP contribution is 2.22. The summed E-state index contributed by atoms with van der Waals surface area (Å²) in [5.41, 5.74) is 4.13. The first kappa shape index (κ1) is 12.1. The number of hydrogen-bond donors (Lipinski definition) is 1. The molecular weight excluding hydrogens is 248 g/mol. The highest BCUT2D eigenvalue weighted by Gasteiger charge is 2.30. The van der Waals surface area contributed by atoms with E-state index in [1.54, 1.807) is 0 Å². The first-order chi connectivity index (χ1) is 8.65. The molecule has 1 aliphatic carbocycles. The molecule has 3 rings (SSSR count). The van der Waals surface area contributed by atoms with Crippen molar-refractivity contribution in [1.82, 2.24) is 9.03 Å². The predicted molar refractivity (Wildman–Crippen MR) is 70.7 cm³/mol. The van der Waals surface area contributed by atoms with Crippen LogP contribution in [-0.2, 0) is 29.5 Å². The fraction of sp³-hybridized carbons (Fsp3) is 0.538. The molecule has 1 fully saturated rings. The molecule has 1 saturated heterocycles. The number of aryl methyl sites for hydroxylation is 2. The van der Waals surface area contributed by atoms with Crippen molar-refractivity contribution in [2.24, 2.45) is 0 Å². The molecule has 0 radical (unpaired) electrons. The first-order valence-corrected chi connectivity index (χ1v) is 7.94. The monoisotopic (exact) mass is 266 g/mol. The van der Waals surface area contributed by atoms with Gasteiger partial charge < -0.3 is 0 Å². The van der Waals surface area contributed by atoms with Crippen LogP contribution in [-0.4, -0.2) is 32.4 Å². The van der Waals surface area contributed by atoms with Crippen LogP contribution in [0.3, 0.4) is 0 Å². The maximum Gasteiger partial charge on any atom is 0.279 e. The van der Waals surface area contributed by atoms with Crippen molar-refractivity contribution in [3.05, 3.63) is 34.9 Å². The van der Waals surface area contributed by atoms with Crippen LogP contribution in [0.25, 0.3) is 0 Å². The second-order valence-corrected chi connectivity index (χ2v) is 6.76. The summed E-state index contributed by atoms with van der Waals surface area (Å²) in [5, 5.41) is 0. The SMILES string of the molecule is O=S(=O)(NCCc1ccc2c(c1)CCC2)N1CC1. The van der Waals surface area contributed by atoms with Gasteiger partial charge in [0.2, 0.25) is 0 Å². The van der Waals surface area contributed by atoms with Gasteiger partial charge in [-0.25, -0.2) is 4.72 Å². The van der Waals surface area contributed by atoms with Gasteiger partial charge in [0.15, 0.2) is 0 Å². The molecule has 5 heteroatoms. The third-order valence-corrected chi connectivity index (χ3v) is 5.22. The Morgan fingerprint density at radius 3 is 2.72 bits per heavy atom. The Morgan fingerprint density at radius 1 is 1.17 bits per heavy atom. The third-order valence-electron chi connectivity index (χ3n) is 3.61. The number of nitrogens with zero attached hydrogens (tertiary/aromatic N) is 1. The maximum atomic E-state index is 11.6. The minimum absolute atomic E-state index is 0.484. The van der Waals surface area contributed by atoms with E-state index in [1.807, 2.05) is 0 Å². The van der Waals surface area contributed by atoms with Gasteiger partial charge >= 0.3 is 0 Å². The lowest BCUT2D eigenvalue weighted by molar-refractivity contribution is 0.547. The predicted octanol–water partition coefficient (Wildman–Crippen LogP) is 0.868. The minimum Gasteiger partial charge on any atom is -0.202 e. The molecular formula is C13H18N2O2S. The number of nitrogens with one attached hydrogen (secondary N) is 1. The van der Waals surface area contributed by atoms with Gasteiger partial charge in [0.1, 0.15) is 0 Å². The summed E-state index contributed by atoms with van der Waals surface area (Å²) in [5.74, 6) is 0. The summed E-state index contributed by atoms with van der Waals surface area (Å²) < 4.78 is 27.2. The summed E-state index contributed by atoms with van der Waals surface area (Å²) >= 11 is 0. The summed E-state index contributed by atoms with van der Waals surface area (Å²) in [6.45, 7) is 1.81. The Labute approximate surface area is 108 Å². The molecule has 1 heterocycles. The molecule has 1 aromatic carbocycles. The van der Waals surface area contributed by atoms with Crippen molar-refractivity contribution in [2.45, 2.75) is 25.7 Å². The van der Waals surface area contributed by atoms with Crippen LogP contribution in [0.2, 0.25) is 0 Å². The molecule has 2 aliphatic rings. The lowest BCUT2D eigenvalue weighted by Crippen LogP contribution is -2.31. The van der Waals surface area contributed by atoms with E-state index >= 15 is 0 Å². The van der Waals surface area contributed by atoms with Crippen LogP contribution in [0.1, 0.15) is 23.1 Å². The van der Waals surface area contributed by atoms with Crippen molar-refractivity contribution in [3.8, 4) is 0 Å². The van der Waals surface area contributed by atoms with Crippen LogP contribution in [0.5, 0.6) is 0 Å².